The Kier molecular flexibility index (Phi) is 4.25. The van der Waals surface area contributed by atoms with Gasteiger partial charge in [0.2, 0.25) is 5.91 Å². The summed E-state index contributed by atoms with van der Waals surface area (Å²) in [5.41, 5.74) is 4.64. The number of carbonyl (C=O) groups is 2. The second kappa shape index (κ2) is 6.35. The molecule has 1 heterocycles. The largest absolute Gasteiger partial charge is 0.423 e. The first-order chi connectivity index (χ1) is 11.4. The normalized spacial score (nSPS) is 13.3. The van der Waals surface area contributed by atoms with Crippen LogP contribution in [0.4, 0.5) is 11.4 Å². The Labute approximate surface area is 141 Å². The summed E-state index contributed by atoms with van der Waals surface area (Å²) in [5, 5.41) is 2.92. The summed E-state index contributed by atoms with van der Waals surface area (Å²) >= 11 is 0. The first kappa shape index (κ1) is 16.1. The van der Waals surface area contributed by atoms with Crippen LogP contribution in [0.1, 0.15) is 16.7 Å². The maximum Gasteiger partial charge on any atom is 0.331 e. The lowest BCUT2D eigenvalue weighted by Gasteiger charge is -2.29. The topological polar surface area (TPSA) is 58.6 Å². The van der Waals surface area contributed by atoms with E-state index in [1.807, 2.05) is 57.2 Å². The molecular weight excluding hydrogens is 304 g/mol. The molecule has 0 atom stereocenters. The van der Waals surface area contributed by atoms with Gasteiger partial charge < -0.3 is 15.0 Å². The van der Waals surface area contributed by atoms with E-state index in [0.29, 0.717) is 5.75 Å². The first-order valence-electron chi connectivity index (χ1n) is 7.86. The van der Waals surface area contributed by atoms with Gasteiger partial charge in [-0.2, -0.15) is 0 Å². The van der Waals surface area contributed by atoms with Gasteiger partial charge in [-0.1, -0.05) is 18.2 Å². The number of esters is 1. The molecule has 1 N–H and O–H groups in total. The summed E-state index contributed by atoms with van der Waals surface area (Å²) in [4.78, 5) is 26.0. The number of benzene rings is 2. The van der Waals surface area contributed by atoms with Crippen LogP contribution in [0.15, 0.2) is 36.4 Å². The number of aryl methyl sites for hydroxylation is 3. The zero-order valence-electron chi connectivity index (χ0n) is 14.1. The van der Waals surface area contributed by atoms with Crippen molar-refractivity contribution in [2.45, 2.75) is 20.8 Å². The second-order valence-electron chi connectivity index (χ2n) is 6.17. The molecule has 0 bridgehead atoms. The van der Waals surface area contributed by atoms with Crippen molar-refractivity contribution < 1.29 is 14.3 Å². The molecular formula is C19H20N2O3. The minimum absolute atomic E-state index is 0.0658. The lowest BCUT2D eigenvalue weighted by atomic mass is 10.1. The Hall–Kier alpha value is -2.82. The average Bonchev–Trinajstić information content (AvgIpc) is 2.50. The highest BCUT2D eigenvalue weighted by Gasteiger charge is 2.25. The van der Waals surface area contributed by atoms with E-state index in [1.165, 1.54) is 0 Å². The molecule has 1 amide bonds. The average molecular weight is 324 g/mol. The summed E-state index contributed by atoms with van der Waals surface area (Å²) in [6.45, 7) is 6.02. The lowest BCUT2D eigenvalue weighted by Crippen LogP contribution is -2.41. The van der Waals surface area contributed by atoms with Gasteiger partial charge in [0.1, 0.15) is 6.54 Å². The SMILES string of the molecule is Cc1ccc(C)c(NC(=O)CN2CC(=O)Oc3cc(C)ccc32)c1. The Morgan fingerprint density at radius 2 is 1.83 bits per heavy atom. The first-order valence-corrected chi connectivity index (χ1v) is 7.86. The number of ether oxygens (including phenoxy) is 1. The van der Waals surface area contributed by atoms with Crippen LogP contribution in [0, 0.1) is 20.8 Å². The fourth-order valence-electron chi connectivity index (χ4n) is 2.73. The van der Waals surface area contributed by atoms with E-state index in [0.717, 1.165) is 28.1 Å². The van der Waals surface area contributed by atoms with Crippen LogP contribution in [0.3, 0.4) is 0 Å². The molecule has 24 heavy (non-hydrogen) atoms. The molecule has 5 nitrogen and oxygen atoms in total. The minimum atomic E-state index is -0.354. The van der Waals surface area contributed by atoms with Crippen molar-refractivity contribution in [3.05, 3.63) is 53.1 Å². The molecule has 2 aromatic carbocycles. The van der Waals surface area contributed by atoms with Gasteiger partial charge >= 0.3 is 5.97 Å². The van der Waals surface area contributed by atoms with Crippen LogP contribution >= 0.6 is 0 Å². The zero-order chi connectivity index (χ0) is 17.3. The molecule has 2 aromatic rings. The Bertz CT molecular complexity index is 814. The van der Waals surface area contributed by atoms with E-state index in [9.17, 15) is 9.59 Å². The van der Waals surface area contributed by atoms with E-state index in [-0.39, 0.29) is 25.0 Å². The number of carbonyl (C=O) groups excluding carboxylic acids is 2. The van der Waals surface area contributed by atoms with Crippen molar-refractivity contribution in [2.75, 3.05) is 23.3 Å². The number of nitrogens with zero attached hydrogens (tertiary/aromatic N) is 1. The van der Waals surface area contributed by atoms with E-state index in [1.54, 1.807) is 4.90 Å². The number of hydrogen-bond acceptors (Lipinski definition) is 4. The van der Waals surface area contributed by atoms with Gasteiger partial charge in [0.15, 0.2) is 5.75 Å². The van der Waals surface area contributed by atoms with Crippen molar-refractivity contribution in [1.82, 2.24) is 0 Å². The third-order valence-electron chi connectivity index (χ3n) is 4.00. The molecule has 0 saturated carbocycles. The quantitative estimate of drug-likeness (QED) is 0.696. The number of rotatable bonds is 3. The lowest BCUT2D eigenvalue weighted by molar-refractivity contribution is -0.133. The van der Waals surface area contributed by atoms with Crippen molar-refractivity contribution in [3.8, 4) is 5.75 Å². The van der Waals surface area contributed by atoms with E-state index >= 15 is 0 Å². The fourth-order valence-corrected chi connectivity index (χ4v) is 2.73. The number of nitrogens with one attached hydrogen (secondary N) is 1. The van der Waals surface area contributed by atoms with Crippen LogP contribution < -0.4 is 15.0 Å². The van der Waals surface area contributed by atoms with Crippen LogP contribution in [0.2, 0.25) is 0 Å². The van der Waals surface area contributed by atoms with Gasteiger partial charge in [0, 0.05) is 5.69 Å². The molecule has 3 rings (SSSR count). The van der Waals surface area contributed by atoms with Crippen molar-refractivity contribution in [1.29, 1.82) is 0 Å². The smallest absolute Gasteiger partial charge is 0.331 e. The van der Waals surface area contributed by atoms with Crippen LogP contribution in [0.5, 0.6) is 5.75 Å². The third kappa shape index (κ3) is 3.40. The summed E-state index contributed by atoms with van der Waals surface area (Å²) in [7, 11) is 0. The second-order valence-corrected chi connectivity index (χ2v) is 6.17. The standard InChI is InChI=1S/C19H20N2O3/c1-12-4-6-14(3)15(8-12)20-18(22)10-21-11-19(23)24-17-9-13(2)5-7-16(17)21/h4-9H,10-11H2,1-3H3,(H,20,22). The van der Waals surface area contributed by atoms with Gasteiger partial charge in [-0.15, -0.1) is 0 Å². The van der Waals surface area contributed by atoms with Crippen molar-refractivity contribution >= 4 is 23.3 Å². The predicted octanol–water partition coefficient (Wildman–Crippen LogP) is 2.98. The highest BCUT2D eigenvalue weighted by molar-refractivity contribution is 5.97. The number of hydrogen-bond donors (Lipinski definition) is 1. The van der Waals surface area contributed by atoms with Gasteiger partial charge in [-0.3, -0.25) is 4.79 Å². The van der Waals surface area contributed by atoms with E-state index < -0.39 is 0 Å². The van der Waals surface area contributed by atoms with Crippen LogP contribution in [-0.2, 0) is 9.59 Å². The Balaban J connectivity index is 1.77. The molecule has 0 saturated heterocycles. The van der Waals surface area contributed by atoms with E-state index in [2.05, 4.69) is 5.32 Å². The van der Waals surface area contributed by atoms with Gasteiger partial charge in [0.05, 0.1) is 12.2 Å². The van der Waals surface area contributed by atoms with Gasteiger partial charge in [-0.05, 0) is 55.7 Å². The molecule has 0 unspecified atom stereocenters. The molecule has 0 spiro atoms. The summed E-state index contributed by atoms with van der Waals surface area (Å²) in [6, 6.07) is 11.5. The highest BCUT2D eigenvalue weighted by atomic mass is 16.5. The third-order valence-corrected chi connectivity index (χ3v) is 4.00. The number of amides is 1. The maximum atomic E-state index is 12.4. The molecule has 1 aliphatic rings. The van der Waals surface area contributed by atoms with E-state index in [4.69, 9.17) is 4.74 Å². The molecule has 0 aliphatic carbocycles. The summed E-state index contributed by atoms with van der Waals surface area (Å²) in [6.07, 6.45) is 0. The molecule has 0 radical (unpaired) electrons. The molecule has 0 fully saturated rings. The van der Waals surface area contributed by atoms with Gasteiger partial charge in [-0.25, -0.2) is 4.79 Å². The Morgan fingerprint density at radius 1 is 1.12 bits per heavy atom. The van der Waals surface area contributed by atoms with Crippen molar-refractivity contribution in [3.63, 3.8) is 0 Å². The van der Waals surface area contributed by atoms with Crippen molar-refractivity contribution in [2.24, 2.45) is 0 Å². The minimum Gasteiger partial charge on any atom is -0.423 e. The molecule has 124 valence electrons. The highest BCUT2D eigenvalue weighted by Crippen LogP contribution is 2.32. The molecule has 5 heteroatoms. The molecule has 0 aromatic heterocycles. The fraction of sp³-hybridized carbons (Fsp3) is 0.263. The van der Waals surface area contributed by atoms with Crippen LogP contribution in [0.25, 0.3) is 0 Å². The number of fused-ring (bicyclic) bond motifs is 1. The maximum absolute atomic E-state index is 12.4. The Morgan fingerprint density at radius 3 is 2.62 bits per heavy atom. The predicted molar refractivity (Wildman–Crippen MR) is 93.6 cm³/mol. The summed E-state index contributed by atoms with van der Waals surface area (Å²) in [5.74, 6) is -0.0108. The number of anilines is 2. The monoisotopic (exact) mass is 324 g/mol. The van der Waals surface area contributed by atoms with Gasteiger partial charge in [0.25, 0.3) is 0 Å². The van der Waals surface area contributed by atoms with Crippen LogP contribution in [-0.4, -0.2) is 25.0 Å². The summed E-state index contributed by atoms with van der Waals surface area (Å²) < 4.78 is 5.27. The molecule has 1 aliphatic heterocycles. The zero-order valence-corrected chi connectivity index (χ0v) is 14.1.